The molecule has 0 saturated carbocycles. The Morgan fingerprint density at radius 3 is 2.80 bits per heavy atom. The molecule has 134 valence electrons. The molecule has 0 aliphatic carbocycles. The van der Waals surface area contributed by atoms with Crippen molar-refractivity contribution in [1.82, 2.24) is 25.3 Å². The molecule has 0 amide bonds. The number of aliphatic imine (C=N–C) groups is 1. The van der Waals surface area contributed by atoms with Gasteiger partial charge in [0.25, 0.3) is 5.89 Å². The third-order valence-electron chi connectivity index (χ3n) is 4.36. The Kier molecular flexibility index (Phi) is 5.63. The summed E-state index contributed by atoms with van der Waals surface area (Å²) in [5.41, 5.74) is 0.696. The number of aromatic nitrogens is 3. The van der Waals surface area contributed by atoms with Gasteiger partial charge in [-0.05, 0) is 30.4 Å². The van der Waals surface area contributed by atoms with Gasteiger partial charge >= 0.3 is 0 Å². The van der Waals surface area contributed by atoms with Crippen LogP contribution in [0.25, 0.3) is 11.6 Å². The van der Waals surface area contributed by atoms with Crippen LogP contribution in [0.1, 0.15) is 26.1 Å². The molecule has 1 fully saturated rings. The standard InChI is InChI=1S/C18H26N6O/c1-13-10-14(2)12-24(11-13)18(19-3)21-9-7-16-22-17(25-23-16)15-6-4-5-8-20-15/h4-6,8,13-14H,7,9-12H2,1-3H3,(H,19,21). The second kappa shape index (κ2) is 8.09. The number of likely N-dealkylation sites (tertiary alicyclic amines) is 1. The van der Waals surface area contributed by atoms with Crippen LogP contribution in [0.3, 0.4) is 0 Å². The molecule has 25 heavy (non-hydrogen) atoms. The highest BCUT2D eigenvalue weighted by Crippen LogP contribution is 2.20. The van der Waals surface area contributed by atoms with E-state index in [-0.39, 0.29) is 0 Å². The molecule has 1 saturated heterocycles. The molecular weight excluding hydrogens is 316 g/mol. The minimum atomic E-state index is 0.457. The maximum atomic E-state index is 5.29. The minimum absolute atomic E-state index is 0.457. The lowest BCUT2D eigenvalue weighted by molar-refractivity contribution is 0.208. The third-order valence-corrected chi connectivity index (χ3v) is 4.36. The first-order valence-corrected chi connectivity index (χ1v) is 8.85. The van der Waals surface area contributed by atoms with E-state index >= 15 is 0 Å². The molecule has 7 heteroatoms. The molecule has 2 aromatic heterocycles. The molecule has 3 rings (SSSR count). The third kappa shape index (κ3) is 4.55. The Bertz CT molecular complexity index is 689. The smallest absolute Gasteiger partial charge is 0.276 e. The summed E-state index contributed by atoms with van der Waals surface area (Å²) in [5, 5.41) is 7.45. The van der Waals surface area contributed by atoms with Gasteiger partial charge in [0.1, 0.15) is 5.69 Å². The van der Waals surface area contributed by atoms with E-state index in [1.807, 2.05) is 25.2 Å². The van der Waals surface area contributed by atoms with Crippen molar-refractivity contribution < 1.29 is 4.52 Å². The number of nitrogens with zero attached hydrogens (tertiary/aromatic N) is 5. The predicted molar refractivity (Wildman–Crippen MR) is 97.1 cm³/mol. The molecule has 1 N–H and O–H groups in total. The Labute approximate surface area is 148 Å². The molecule has 2 aromatic rings. The predicted octanol–water partition coefficient (Wildman–Crippen LogP) is 2.23. The summed E-state index contributed by atoms with van der Waals surface area (Å²) in [6, 6.07) is 5.62. The summed E-state index contributed by atoms with van der Waals surface area (Å²) in [6.07, 6.45) is 3.67. The Morgan fingerprint density at radius 2 is 2.12 bits per heavy atom. The van der Waals surface area contributed by atoms with E-state index in [1.54, 1.807) is 6.20 Å². The molecule has 2 atom stereocenters. The van der Waals surface area contributed by atoms with Crippen molar-refractivity contribution in [2.45, 2.75) is 26.7 Å². The van der Waals surface area contributed by atoms with Crippen LogP contribution in [0.2, 0.25) is 0 Å². The lowest BCUT2D eigenvalue weighted by atomic mass is 9.92. The summed E-state index contributed by atoms with van der Waals surface area (Å²) in [5.74, 6) is 3.47. The SMILES string of the molecule is CN=C(NCCc1noc(-c2ccccn2)n1)N1CC(C)CC(C)C1. The fourth-order valence-corrected chi connectivity index (χ4v) is 3.40. The van der Waals surface area contributed by atoms with Gasteiger partial charge in [-0.25, -0.2) is 0 Å². The van der Waals surface area contributed by atoms with Gasteiger partial charge in [0.2, 0.25) is 0 Å². The van der Waals surface area contributed by atoms with Crippen molar-refractivity contribution in [3.63, 3.8) is 0 Å². The van der Waals surface area contributed by atoms with Crippen LogP contribution in [0.5, 0.6) is 0 Å². The van der Waals surface area contributed by atoms with Crippen molar-refractivity contribution in [1.29, 1.82) is 0 Å². The molecule has 2 unspecified atom stereocenters. The molecule has 0 aromatic carbocycles. The molecular formula is C18H26N6O. The zero-order chi connectivity index (χ0) is 17.6. The number of pyridine rings is 1. The molecule has 3 heterocycles. The van der Waals surface area contributed by atoms with E-state index in [1.165, 1.54) is 6.42 Å². The second-order valence-corrected chi connectivity index (χ2v) is 6.81. The maximum Gasteiger partial charge on any atom is 0.276 e. The Balaban J connectivity index is 1.53. The molecule has 0 bridgehead atoms. The summed E-state index contributed by atoms with van der Waals surface area (Å²) in [4.78, 5) is 15.4. The fourth-order valence-electron chi connectivity index (χ4n) is 3.40. The first-order valence-electron chi connectivity index (χ1n) is 8.85. The van der Waals surface area contributed by atoms with Crippen molar-refractivity contribution in [3.05, 3.63) is 30.2 Å². The van der Waals surface area contributed by atoms with Crippen molar-refractivity contribution in [2.24, 2.45) is 16.8 Å². The number of rotatable bonds is 4. The highest BCUT2D eigenvalue weighted by atomic mass is 16.5. The Hall–Kier alpha value is -2.44. The van der Waals surface area contributed by atoms with Gasteiger partial charge in [-0.1, -0.05) is 25.1 Å². The van der Waals surface area contributed by atoms with Crippen LogP contribution in [-0.2, 0) is 6.42 Å². The van der Waals surface area contributed by atoms with E-state index in [4.69, 9.17) is 4.52 Å². The van der Waals surface area contributed by atoms with Crippen molar-refractivity contribution in [2.75, 3.05) is 26.7 Å². The highest BCUT2D eigenvalue weighted by Gasteiger charge is 2.23. The van der Waals surface area contributed by atoms with Gasteiger partial charge < -0.3 is 14.7 Å². The van der Waals surface area contributed by atoms with E-state index in [2.05, 4.69) is 44.2 Å². The fraction of sp³-hybridized carbons (Fsp3) is 0.556. The monoisotopic (exact) mass is 342 g/mol. The number of hydrogen-bond acceptors (Lipinski definition) is 5. The molecule has 1 aliphatic heterocycles. The first-order chi connectivity index (χ1) is 12.2. The summed E-state index contributed by atoms with van der Waals surface area (Å²) >= 11 is 0. The topological polar surface area (TPSA) is 79.4 Å². The zero-order valence-electron chi connectivity index (χ0n) is 15.1. The summed E-state index contributed by atoms with van der Waals surface area (Å²) in [6.45, 7) is 7.42. The quantitative estimate of drug-likeness (QED) is 0.678. The summed E-state index contributed by atoms with van der Waals surface area (Å²) in [7, 11) is 1.83. The van der Waals surface area contributed by atoms with Gasteiger partial charge in [-0.15, -0.1) is 0 Å². The second-order valence-electron chi connectivity index (χ2n) is 6.81. The lowest BCUT2D eigenvalue weighted by Gasteiger charge is -2.37. The average molecular weight is 342 g/mol. The van der Waals surface area contributed by atoms with E-state index in [0.29, 0.717) is 42.2 Å². The summed E-state index contributed by atoms with van der Waals surface area (Å²) < 4.78 is 5.29. The number of nitrogens with one attached hydrogen (secondary N) is 1. The zero-order valence-corrected chi connectivity index (χ0v) is 15.1. The number of hydrogen-bond donors (Lipinski definition) is 1. The average Bonchev–Trinajstić information content (AvgIpc) is 3.07. The van der Waals surface area contributed by atoms with Crippen LogP contribution < -0.4 is 5.32 Å². The molecule has 1 aliphatic rings. The maximum absolute atomic E-state index is 5.29. The highest BCUT2D eigenvalue weighted by molar-refractivity contribution is 5.80. The molecule has 0 radical (unpaired) electrons. The van der Waals surface area contributed by atoms with Crippen LogP contribution in [-0.4, -0.2) is 52.7 Å². The molecule has 0 spiro atoms. The van der Waals surface area contributed by atoms with E-state index < -0.39 is 0 Å². The normalized spacial score (nSPS) is 21.4. The van der Waals surface area contributed by atoms with Gasteiger partial charge in [0.15, 0.2) is 11.8 Å². The largest absolute Gasteiger partial charge is 0.356 e. The van der Waals surface area contributed by atoms with Crippen LogP contribution in [0.4, 0.5) is 0 Å². The van der Waals surface area contributed by atoms with Crippen LogP contribution >= 0.6 is 0 Å². The Morgan fingerprint density at radius 1 is 1.32 bits per heavy atom. The number of guanidine groups is 1. The van der Waals surface area contributed by atoms with E-state index in [9.17, 15) is 0 Å². The van der Waals surface area contributed by atoms with Gasteiger partial charge in [-0.2, -0.15) is 4.98 Å². The van der Waals surface area contributed by atoms with Gasteiger partial charge in [0, 0.05) is 39.3 Å². The first kappa shape index (κ1) is 17.4. The van der Waals surface area contributed by atoms with Crippen molar-refractivity contribution in [3.8, 4) is 11.6 Å². The van der Waals surface area contributed by atoms with E-state index in [0.717, 1.165) is 19.0 Å². The van der Waals surface area contributed by atoms with Gasteiger partial charge in [0.05, 0.1) is 0 Å². The van der Waals surface area contributed by atoms with Crippen LogP contribution in [0, 0.1) is 11.8 Å². The minimum Gasteiger partial charge on any atom is -0.356 e. The van der Waals surface area contributed by atoms with Crippen LogP contribution in [0.15, 0.2) is 33.9 Å². The van der Waals surface area contributed by atoms with Crippen molar-refractivity contribution >= 4 is 5.96 Å². The number of piperidine rings is 1. The van der Waals surface area contributed by atoms with Gasteiger partial charge in [-0.3, -0.25) is 9.98 Å². The lowest BCUT2D eigenvalue weighted by Crippen LogP contribution is -2.48. The molecule has 7 nitrogen and oxygen atoms in total.